The minimum absolute atomic E-state index is 0.0147. The lowest BCUT2D eigenvalue weighted by Gasteiger charge is -2.21. The predicted octanol–water partition coefficient (Wildman–Crippen LogP) is 3.04. The maximum atomic E-state index is 12.2. The Morgan fingerprint density at radius 2 is 2.10 bits per heavy atom. The van der Waals surface area contributed by atoms with Gasteiger partial charge in [-0.05, 0) is 39.3 Å². The van der Waals surface area contributed by atoms with Gasteiger partial charge in [0.1, 0.15) is 12.4 Å². The molecule has 5 heteroatoms. The average molecular weight is 308 g/mol. The maximum absolute atomic E-state index is 12.2. The molecular weight excluding hydrogens is 286 g/mol. The van der Waals surface area contributed by atoms with Gasteiger partial charge in [-0.1, -0.05) is 12.1 Å². The molecule has 114 valence electrons. The van der Waals surface area contributed by atoms with E-state index < -0.39 is 0 Å². The minimum atomic E-state index is -0.240. The quantitative estimate of drug-likeness (QED) is 0.883. The van der Waals surface area contributed by atoms with E-state index in [0.29, 0.717) is 12.3 Å². The summed E-state index contributed by atoms with van der Waals surface area (Å²) in [7, 11) is 0. The summed E-state index contributed by atoms with van der Waals surface area (Å²) in [5.41, 5.74) is 2.80. The Hall–Kier alpha value is -1.55. The van der Waals surface area contributed by atoms with E-state index in [1.807, 2.05) is 50.5 Å². The molecule has 0 fully saturated rings. The first-order valence-electron chi connectivity index (χ1n) is 7.13. The molecule has 2 rings (SSSR count). The number of imidazole rings is 1. The number of aromatic nitrogens is 2. The number of halogens is 1. The van der Waals surface area contributed by atoms with Crippen LogP contribution < -0.4 is 5.32 Å². The number of fused-ring (bicyclic) bond motifs is 1. The molecule has 21 heavy (non-hydrogen) atoms. The molecule has 0 radical (unpaired) electrons. The second-order valence-electron chi connectivity index (χ2n) is 6.29. The van der Waals surface area contributed by atoms with Crippen molar-refractivity contribution < 1.29 is 4.79 Å². The van der Waals surface area contributed by atoms with Crippen LogP contribution in [0.2, 0.25) is 0 Å². The van der Waals surface area contributed by atoms with Crippen molar-refractivity contribution in [1.29, 1.82) is 0 Å². The van der Waals surface area contributed by atoms with Crippen molar-refractivity contribution in [2.24, 2.45) is 0 Å². The summed E-state index contributed by atoms with van der Waals surface area (Å²) >= 11 is 5.86. The molecule has 0 bridgehead atoms. The molecule has 1 N–H and O–H groups in total. The fourth-order valence-corrected chi connectivity index (χ4v) is 2.56. The molecule has 0 saturated carbocycles. The third-order valence-electron chi connectivity index (χ3n) is 3.19. The second kappa shape index (κ2) is 6.06. The number of hydrogen-bond donors (Lipinski definition) is 1. The first kappa shape index (κ1) is 15.8. The summed E-state index contributed by atoms with van der Waals surface area (Å²) < 4.78 is 1.96. The van der Waals surface area contributed by atoms with Crippen LogP contribution in [0, 0.1) is 6.92 Å². The Bertz CT molecular complexity index is 655. The Morgan fingerprint density at radius 3 is 2.71 bits per heavy atom. The highest BCUT2D eigenvalue weighted by Crippen LogP contribution is 2.20. The summed E-state index contributed by atoms with van der Waals surface area (Å²) in [4.78, 5) is 16.9. The number of hydrogen-bond acceptors (Lipinski definition) is 2. The Labute approximate surface area is 130 Å². The molecule has 0 aliphatic heterocycles. The van der Waals surface area contributed by atoms with E-state index in [4.69, 9.17) is 11.6 Å². The van der Waals surface area contributed by atoms with Crippen molar-refractivity contribution in [2.45, 2.75) is 46.2 Å². The Balaban J connectivity index is 2.39. The lowest BCUT2D eigenvalue weighted by atomic mass is 10.1. The monoisotopic (exact) mass is 307 g/mol. The number of amides is 1. The molecule has 1 aromatic carbocycles. The fraction of sp³-hybridized carbons (Fsp3) is 0.500. The van der Waals surface area contributed by atoms with E-state index in [0.717, 1.165) is 22.4 Å². The number of carbonyl (C=O) groups excluding carboxylic acids is 1. The van der Waals surface area contributed by atoms with Crippen LogP contribution >= 0.6 is 11.6 Å². The van der Waals surface area contributed by atoms with Crippen LogP contribution in [0.3, 0.4) is 0 Å². The molecule has 2 aromatic rings. The van der Waals surface area contributed by atoms with Gasteiger partial charge in [0.15, 0.2) is 0 Å². The summed E-state index contributed by atoms with van der Waals surface area (Å²) in [5.74, 6) is 1.33. The largest absolute Gasteiger partial charge is 0.350 e. The summed E-state index contributed by atoms with van der Waals surface area (Å²) in [6, 6.07) is 6.01. The van der Waals surface area contributed by atoms with Gasteiger partial charge in [0.25, 0.3) is 0 Å². The zero-order chi connectivity index (χ0) is 15.6. The van der Waals surface area contributed by atoms with Gasteiger partial charge in [-0.15, -0.1) is 11.6 Å². The molecule has 0 spiro atoms. The van der Waals surface area contributed by atoms with Crippen LogP contribution in [0.25, 0.3) is 11.0 Å². The normalized spacial score (nSPS) is 11.9. The van der Waals surface area contributed by atoms with Gasteiger partial charge in [-0.2, -0.15) is 0 Å². The lowest BCUT2D eigenvalue weighted by molar-refractivity contribution is -0.123. The van der Waals surface area contributed by atoms with Crippen molar-refractivity contribution in [3.05, 3.63) is 29.6 Å². The highest BCUT2D eigenvalue weighted by molar-refractivity contribution is 6.17. The molecule has 0 aliphatic carbocycles. The molecule has 4 nitrogen and oxygen atoms in total. The molecule has 1 heterocycles. The number of para-hydroxylation sites is 1. The van der Waals surface area contributed by atoms with Crippen LogP contribution in [0.1, 0.15) is 32.2 Å². The van der Waals surface area contributed by atoms with Gasteiger partial charge >= 0.3 is 0 Å². The number of carbonyl (C=O) groups is 1. The molecule has 0 unspecified atom stereocenters. The van der Waals surface area contributed by atoms with Crippen molar-refractivity contribution in [1.82, 2.24) is 14.9 Å². The molecule has 1 amide bonds. The van der Waals surface area contributed by atoms with E-state index in [1.54, 1.807) is 0 Å². The molecule has 1 aromatic heterocycles. The SMILES string of the molecule is Cc1cccc2c1nc(CCCl)n2CC(=O)NC(C)(C)C. The zero-order valence-corrected chi connectivity index (χ0v) is 13.8. The van der Waals surface area contributed by atoms with Gasteiger partial charge in [0.2, 0.25) is 5.91 Å². The second-order valence-corrected chi connectivity index (χ2v) is 6.67. The van der Waals surface area contributed by atoms with Gasteiger partial charge in [0.05, 0.1) is 11.0 Å². The van der Waals surface area contributed by atoms with Gasteiger partial charge in [0, 0.05) is 17.8 Å². The van der Waals surface area contributed by atoms with Crippen LogP contribution in [0.4, 0.5) is 0 Å². The number of nitrogens with zero attached hydrogens (tertiary/aromatic N) is 2. The third kappa shape index (κ3) is 3.76. The fourth-order valence-electron chi connectivity index (χ4n) is 2.39. The van der Waals surface area contributed by atoms with Crippen molar-refractivity contribution in [2.75, 3.05) is 5.88 Å². The number of alkyl halides is 1. The Kier molecular flexibility index (Phi) is 4.57. The Morgan fingerprint density at radius 1 is 1.38 bits per heavy atom. The number of nitrogens with one attached hydrogen (secondary N) is 1. The average Bonchev–Trinajstić information content (AvgIpc) is 2.68. The number of aryl methyl sites for hydroxylation is 2. The van der Waals surface area contributed by atoms with Gasteiger partial charge in [-0.3, -0.25) is 4.79 Å². The highest BCUT2D eigenvalue weighted by Gasteiger charge is 2.18. The van der Waals surface area contributed by atoms with Gasteiger partial charge < -0.3 is 9.88 Å². The van der Waals surface area contributed by atoms with E-state index in [2.05, 4.69) is 10.3 Å². The van der Waals surface area contributed by atoms with E-state index in [9.17, 15) is 4.79 Å². The number of rotatable bonds is 4. The molecular formula is C16H22ClN3O. The first-order chi connectivity index (χ1) is 9.81. The van der Waals surface area contributed by atoms with Crippen molar-refractivity contribution >= 4 is 28.5 Å². The molecule has 0 atom stereocenters. The number of benzene rings is 1. The van der Waals surface area contributed by atoms with Crippen LogP contribution in [0.15, 0.2) is 18.2 Å². The van der Waals surface area contributed by atoms with Crippen molar-refractivity contribution in [3.8, 4) is 0 Å². The smallest absolute Gasteiger partial charge is 0.240 e. The predicted molar refractivity (Wildman–Crippen MR) is 86.8 cm³/mol. The van der Waals surface area contributed by atoms with Crippen LogP contribution in [-0.4, -0.2) is 26.9 Å². The summed E-state index contributed by atoms with van der Waals surface area (Å²) in [6.45, 7) is 8.21. The standard InChI is InChI=1S/C16H22ClN3O/c1-11-6-5-7-12-15(11)18-13(8-9-17)20(12)10-14(21)19-16(2,3)4/h5-7H,8-10H2,1-4H3,(H,19,21). The summed E-state index contributed by atoms with van der Waals surface area (Å²) in [6.07, 6.45) is 0.651. The molecule has 0 aliphatic rings. The van der Waals surface area contributed by atoms with E-state index in [-0.39, 0.29) is 18.0 Å². The van der Waals surface area contributed by atoms with Gasteiger partial charge in [-0.25, -0.2) is 4.98 Å². The lowest BCUT2D eigenvalue weighted by Crippen LogP contribution is -2.42. The molecule has 0 saturated heterocycles. The summed E-state index contributed by atoms with van der Waals surface area (Å²) in [5, 5.41) is 2.99. The van der Waals surface area contributed by atoms with Crippen LogP contribution in [0.5, 0.6) is 0 Å². The van der Waals surface area contributed by atoms with Crippen molar-refractivity contribution in [3.63, 3.8) is 0 Å². The topological polar surface area (TPSA) is 46.9 Å². The van der Waals surface area contributed by atoms with Crippen LogP contribution in [-0.2, 0) is 17.8 Å². The maximum Gasteiger partial charge on any atom is 0.240 e. The highest BCUT2D eigenvalue weighted by atomic mass is 35.5. The third-order valence-corrected chi connectivity index (χ3v) is 3.38. The minimum Gasteiger partial charge on any atom is -0.350 e. The van der Waals surface area contributed by atoms with E-state index >= 15 is 0 Å². The van der Waals surface area contributed by atoms with E-state index in [1.165, 1.54) is 0 Å². The first-order valence-corrected chi connectivity index (χ1v) is 7.67. The zero-order valence-electron chi connectivity index (χ0n) is 13.0.